The van der Waals surface area contributed by atoms with E-state index in [0.29, 0.717) is 24.5 Å². The number of carbonyl (C=O) groups is 1. The predicted molar refractivity (Wildman–Crippen MR) is 96.9 cm³/mol. The minimum Gasteiger partial charge on any atom is -0.511 e. The number of hydrogen-bond acceptors (Lipinski definition) is 3. The van der Waals surface area contributed by atoms with Crippen molar-refractivity contribution in [3.8, 4) is 0 Å². The lowest BCUT2D eigenvalue weighted by Crippen LogP contribution is -2.27. The van der Waals surface area contributed by atoms with Gasteiger partial charge in [0.15, 0.2) is 10.9 Å². The van der Waals surface area contributed by atoms with Gasteiger partial charge in [0.1, 0.15) is 5.76 Å². The first kappa shape index (κ1) is 17.3. The van der Waals surface area contributed by atoms with Gasteiger partial charge >= 0.3 is 0 Å². The molecule has 0 aliphatic heterocycles. The van der Waals surface area contributed by atoms with Crippen molar-refractivity contribution in [1.29, 1.82) is 0 Å². The molecule has 0 saturated heterocycles. The number of benzene rings is 1. The Bertz CT molecular complexity index is 648. The molecule has 0 heterocycles. The largest absolute Gasteiger partial charge is 0.511 e. The fourth-order valence-electron chi connectivity index (χ4n) is 2.58. The van der Waals surface area contributed by atoms with Crippen molar-refractivity contribution in [2.75, 3.05) is 6.54 Å². The highest BCUT2D eigenvalue weighted by Gasteiger charge is 2.32. The number of thiocarbonyl (C=S) groups is 1. The van der Waals surface area contributed by atoms with Gasteiger partial charge in [-0.3, -0.25) is 4.79 Å². The molecule has 2 rings (SSSR count). The highest BCUT2D eigenvalue weighted by molar-refractivity contribution is 7.80. The summed E-state index contributed by atoms with van der Waals surface area (Å²) >= 11 is 5.14. The molecule has 0 radical (unpaired) electrons. The van der Waals surface area contributed by atoms with E-state index >= 15 is 0 Å². The van der Waals surface area contributed by atoms with Crippen LogP contribution >= 0.6 is 12.2 Å². The summed E-state index contributed by atoms with van der Waals surface area (Å²) in [5, 5.41) is 13.4. The van der Waals surface area contributed by atoms with E-state index in [1.54, 1.807) is 0 Å². The molecular formula is C18H22N2O2S. The lowest BCUT2D eigenvalue weighted by Gasteiger charge is -2.28. The summed E-state index contributed by atoms with van der Waals surface area (Å²) in [4.78, 5) is 16.1. The average molecular weight is 330 g/mol. The topological polar surface area (TPSA) is 61.7 Å². The highest BCUT2D eigenvalue weighted by atomic mass is 32.1. The summed E-state index contributed by atoms with van der Waals surface area (Å²) in [6.45, 7) is 4.60. The number of aliphatic imine (C=N–C) groups is 1. The summed E-state index contributed by atoms with van der Waals surface area (Å²) in [5.41, 5.74) is 1.29. The third-order valence-electron chi connectivity index (χ3n) is 3.74. The van der Waals surface area contributed by atoms with Crippen molar-refractivity contribution in [2.45, 2.75) is 33.1 Å². The molecular weight excluding hydrogens is 308 g/mol. The number of ketones is 1. The minimum absolute atomic E-state index is 0.0883. The van der Waals surface area contributed by atoms with Gasteiger partial charge < -0.3 is 10.4 Å². The van der Waals surface area contributed by atoms with Crippen LogP contribution < -0.4 is 5.32 Å². The maximum atomic E-state index is 12.1. The number of nitrogens with one attached hydrogen (secondary N) is 1. The fourth-order valence-corrected chi connectivity index (χ4v) is 2.73. The first-order valence-electron chi connectivity index (χ1n) is 7.68. The van der Waals surface area contributed by atoms with E-state index < -0.39 is 0 Å². The van der Waals surface area contributed by atoms with Crippen molar-refractivity contribution in [3.05, 3.63) is 47.2 Å². The smallest absolute Gasteiger partial charge is 0.192 e. The zero-order valence-corrected chi connectivity index (χ0v) is 14.3. The second-order valence-electron chi connectivity index (χ2n) is 6.53. The monoisotopic (exact) mass is 330 g/mol. The molecule has 0 unspecified atom stereocenters. The Balaban J connectivity index is 1.87. The van der Waals surface area contributed by atoms with Crippen LogP contribution in [0.2, 0.25) is 0 Å². The summed E-state index contributed by atoms with van der Waals surface area (Å²) in [6.07, 6.45) is 3.11. The number of Topliss-reactive ketones (excluding diaryl/α,β-unsaturated/α-hetero) is 1. The van der Waals surface area contributed by atoms with E-state index in [-0.39, 0.29) is 22.5 Å². The standard InChI is InChI=1S/C18H22N2O2S/c1-18(2)10-15(21)14(16(22)11-18)12-20-17(23)19-9-8-13-6-4-3-5-7-13/h3-7,12,21H,8-11H2,1-2H3,(H,19,23). The molecule has 1 aromatic carbocycles. The maximum absolute atomic E-state index is 12.1. The van der Waals surface area contributed by atoms with Crippen LogP contribution in [0.15, 0.2) is 46.7 Å². The summed E-state index contributed by atoms with van der Waals surface area (Å²) < 4.78 is 0. The molecule has 0 fully saturated rings. The number of carbonyl (C=O) groups excluding carboxylic acids is 1. The normalized spacial score (nSPS) is 17.6. The number of allylic oxidation sites excluding steroid dienone is 2. The van der Waals surface area contributed by atoms with Crippen LogP contribution in [0.1, 0.15) is 32.3 Å². The van der Waals surface area contributed by atoms with E-state index in [0.717, 1.165) is 6.42 Å². The van der Waals surface area contributed by atoms with E-state index in [1.807, 2.05) is 32.0 Å². The SMILES string of the molecule is CC1(C)CC(=O)C(C=NC(=S)NCCc2ccccc2)=C(O)C1. The number of rotatable bonds is 4. The van der Waals surface area contributed by atoms with Gasteiger partial charge in [0, 0.05) is 25.6 Å². The molecule has 0 amide bonds. The highest BCUT2D eigenvalue weighted by Crippen LogP contribution is 2.35. The van der Waals surface area contributed by atoms with Gasteiger partial charge in [0.2, 0.25) is 0 Å². The quantitative estimate of drug-likeness (QED) is 0.656. The predicted octanol–water partition coefficient (Wildman–Crippen LogP) is 3.38. The minimum atomic E-state index is -0.201. The molecule has 0 saturated carbocycles. The van der Waals surface area contributed by atoms with E-state index in [9.17, 15) is 9.90 Å². The molecule has 0 aromatic heterocycles. The van der Waals surface area contributed by atoms with E-state index in [4.69, 9.17) is 12.2 Å². The van der Waals surface area contributed by atoms with Gasteiger partial charge in [-0.05, 0) is 29.6 Å². The second kappa shape index (κ2) is 7.51. The second-order valence-corrected chi connectivity index (χ2v) is 6.91. The van der Waals surface area contributed by atoms with E-state index in [2.05, 4.69) is 22.4 Å². The van der Waals surface area contributed by atoms with Crippen molar-refractivity contribution in [2.24, 2.45) is 10.4 Å². The van der Waals surface area contributed by atoms with Crippen molar-refractivity contribution < 1.29 is 9.90 Å². The Hall–Kier alpha value is -2.01. The van der Waals surface area contributed by atoms with Crippen LogP contribution in [-0.2, 0) is 11.2 Å². The zero-order valence-electron chi connectivity index (χ0n) is 13.5. The Kier molecular flexibility index (Phi) is 5.66. The van der Waals surface area contributed by atoms with Crippen LogP contribution in [0.3, 0.4) is 0 Å². The summed E-state index contributed by atoms with van der Waals surface area (Å²) in [6, 6.07) is 10.1. The van der Waals surface area contributed by atoms with Gasteiger partial charge in [-0.2, -0.15) is 0 Å². The van der Waals surface area contributed by atoms with Crippen LogP contribution in [0.5, 0.6) is 0 Å². The molecule has 0 spiro atoms. The van der Waals surface area contributed by atoms with Crippen molar-refractivity contribution in [3.63, 3.8) is 0 Å². The van der Waals surface area contributed by atoms with Gasteiger partial charge in [-0.25, -0.2) is 4.99 Å². The van der Waals surface area contributed by atoms with Crippen molar-refractivity contribution >= 4 is 29.3 Å². The lowest BCUT2D eigenvalue weighted by molar-refractivity contribution is -0.117. The maximum Gasteiger partial charge on any atom is 0.192 e. The van der Waals surface area contributed by atoms with Gasteiger partial charge in [-0.15, -0.1) is 0 Å². The first-order chi connectivity index (χ1) is 10.9. The van der Waals surface area contributed by atoms with Crippen LogP contribution in [0.4, 0.5) is 0 Å². The first-order valence-corrected chi connectivity index (χ1v) is 8.09. The van der Waals surface area contributed by atoms with Crippen LogP contribution in [0, 0.1) is 5.41 Å². The van der Waals surface area contributed by atoms with Crippen LogP contribution in [-0.4, -0.2) is 28.8 Å². The molecule has 1 aliphatic carbocycles. The Morgan fingerprint density at radius 2 is 2.04 bits per heavy atom. The third-order valence-corrected chi connectivity index (χ3v) is 3.99. The van der Waals surface area contributed by atoms with E-state index in [1.165, 1.54) is 11.8 Å². The zero-order chi connectivity index (χ0) is 16.9. The fraction of sp³-hybridized carbons (Fsp3) is 0.389. The molecule has 5 heteroatoms. The summed E-state index contributed by atoms with van der Waals surface area (Å²) in [7, 11) is 0. The van der Waals surface area contributed by atoms with Crippen LogP contribution in [0.25, 0.3) is 0 Å². The molecule has 1 aliphatic rings. The Morgan fingerprint density at radius 1 is 1.35 bits per heavy atom. The summed E-state index contributed by atoms with van der Waals surface area (Å²) in [5.74, 6) is 0.0108. The third kappa shape index (κ3) is 5.28. The van der Waals surface area contributed by atoms with Crippen molar-refractivity contribution in [1.82, 2.24) is 5.32 Å². The number of nitrogens with zero attached hydrogens (tertiary/aromatic N) is 1. The molecule has 0 atom stereocenters. The number of hydrogen-bond donors (Lipinski definition) is 2. The van der Waals surface area contributed by atoms with Gasteiger partial charge in [0.25, 0.3) is 0 Å². The number of aliphatic hydroxyl groups is 1. The Morgan fingerprint density at radius 3 is 2.70 bits per heavy atom. The average Bonchev–Trinajstić information content (AvgIpc) is 2.46. The molecule has 0 bridgehead atoms. The molecule has 122 valence electrons. The lowest BCUT2D eigenvalue weighted by atomic mass is 9.77. The Labute approximate surface area is 142 Å². The van der Waals surface area contributed by atoms with Gasteiger partial charge in [0.05, 0.1) is 5.57 Å². The molecule has 23 heavy (non-hydrogen) atoms. The molecule has 2 N–H and O–H groups in total. The molecule has 1 aromatic rings. The number of aliphatic hydroxyl groups excluding tert-OH is 1. The van der Waals surface area contributed by atoms with Gasteiger partial charge in [-0.1, -0.05) is 44.2 Å². The molecule has 4 nitrogen and oxygen atoms in total.